The molecule has 0 aliphatic rings. The van der Waals surface area contributed by atoms with E-state index in [4.69, 9.17) is 9.68 Å². The van der Waals surface area contributed by atoms with E-state index >= 15 is 0 Å². The molecule has 0 saturated heterocycles. The minimum Gasteiger partial charge on any atom is -0.436 e. The summed E-state index contributed by atoms with van der Waals surface area (Å²) in [7, 11) is 0. The molecule has 0 N–H and O–H groups in total. The molecule has 0 radical (unpaired) electrons. The molecule has 0 aromatic carbocycles. The van der Waals surface area contributed by atoms with Crippen molar-refractivity contribution in [1.82, 2.24) is 9.88 Å². The molecular formula is C13H19N3O2. The van der Waals surface area contributed by atoms with E-state index in [0.29, 0.717) is 37.0 Å². The van der Waals surface area contributed by atoms with E-state index in [2.05, 4.69) is 11.1 Å². The summed E-state index contributed by atoms with van der Waals surface area (Å²) in [5.41, 5.74) is 0.600. The third kappa shape index (κ3) is 3.59. The number of oxazole rings is 1. The van der Waals surface area contributed by atoms with Crippen LogP contribution in [-0.4, -0.2) is 28.9 Å². The van der Waals surface area contributed by atoms with Crippen molar-refractivity contribution in [3.05, 3.63) is 17.3 Å². The molecule has 0 atom stereocenters. The summed E-state index contributed by atoms with van der Waals surface area (Å²) < 4.78 is 5.33. The number of carbonyl (C=O) groups is 1. The van der Waals surface area contributed by atoms with Crippen LogP contribution in [0.2, 0.25) is 0 Å². The molecule has 0 spiro atoms. The highest BCUT2D eigenvalue weighted by Gasteiger charge is 2.22. The summed E-state index contributed by atoms with van der Waals surface area (Å²) in [5, 5.41) is 8.64. The van der Waals surface area contributed by atoms with Crippen LogP contribution in [0, 0.1) is 31.1 Å². The zero-order valence-corrected chi connectivity index (χ0v) is 11.4. The zero-order valence-electron chi connectivity index (χ0n) is 11.4. The van der Waals surface area contributed by atoms with Crippen molar-refractivity contribution in [2.24, 2.45) is 5.92 Å². The monoisotopic (exact) mass is 249 g/mol. The molecule has 0 fully saturated rings. The standard InChI is InChI=1S/C13H19N3O2/c1-9(2)8-16(7-5-6-14)13(17)12-10(3)15-11(4)18-12/h9H,5,7-8H2,1-4H3. The number of hydrogen-bond acceptors (Lipinski definition) is 4. The van der Waals surface area contributed by atoms with Gasteiger partial charge in [0.15, 0.2) is 5.89 Å². The van der Waals surface area contributed by atoms with Gasteiger partial charge in [-0.3, -0.25) is 4.79 Å². The summed E-state index contributed by atoms with van der Waals surface area (Å²) >= 11 is 0. The Balaban J connectivity index is 2.88. The molecule has 0 unspecified atom stereocenters. The Morgan fingerprint density at radius 2 is 2.17 bits per heavy atom. The largest absolute Gasteiger partial charge is 0.436 e. The topological polar surface area (TPSA) is 70.1 Å². The molecule has 1 aromatic rings. The molecule has 1 rings (SSSR count). The van der Waals surface area contributed by atoms with E-state index in [0.717, 1.165) is 0 Å². The van der Waals surface area contributed by atoms with Gasteiger partial charge in [-0.15, -0.1) is 0 Å². The molecule has 0 bridgehead atoms. The SMILES string of the molecule is Cc1nc(C)c(C(=O)N(CCC#N)CC(C)C)o1. The molecule has 1 heterocycles. The van der Waals surface area contributed by atoms with Gasteiger partial charge in [-0.25, -0.2) is 4.98 Å². The third-order valence-corrected chi connectivity index (χ3v) is 2.46. The van der Waals surface area contributed by atoms with Crippen LogP contribution < -0.4 is 0 Å². The molecule has 5 nitrogen and oxygen atoms in total. The van der Waals surface area contributed by atoms with Crippen LogP contribution in [0.4, 0.5) is 0 Å². The molecule has 98 valence electrons. The lowest BCUT2D eigenvalue weighted by Crippen LogP contribution is -2.35. The second-order valence-corrected chi connectivity index (χ2v) is 4.70. The number of nitrogens with zero attached hydrogens (tertiary/aromatic N) is 3. The number of hydrogen-bond donors (Lipinski definition) is 0. The van der Waals surface area contributed by atoms with Crippen LogP contribution in [0.5, 0.6) is 0 Å². The summed E-state index contributed by atoms with van der Waals surface area (Å²) in [5.74, 6) is 0.931. The summed E-state index contributed by atoms with van der Waals surface area (Å²) in [6, 6.07) is 2.06. The first kappa shape index (κ1) is 14.2. The van der Waals surface area contributed by atoms with Gasteiger partial charge in [0, 0.05) is 20.0 Å². The van der Waals surface area contributed by atoms with Crippen molar-refractivity contribution in [2.75, 3.05) is 13.1 Å². The van der Waals surface area contributed by atoms with Gasteiger partial charge in [0.2, 0.25) is 5.76 Å². The van der Waals surface area contributed by atoms with Gasteiger partial charge >= 0.3 is 0 Å². The number of amides is 1. The molecule has 5 heteroatoms. The Labute approximate surface area is 107 Å². The maximum Gasteiger partial charge on any atom is 0.291 e. The first-order chi connectivity index (χ1) is 8.45. The van der Waals surface area contributed by atoms with Crippen molar-refractivity contribution in [2.45, 2.75) is 34.1 Å². The smallest absolute Gasteiger partial charge is 0.291 e. The fraction of sp³-hybridized carbons (Fsp3) is 0.615. The summed E-state index contributed by atoms with van der Waals surface area (Å²) in [6.07, 6.45) is 0.324. The highest BCUT2D eigenvalue weighted by Crippen LogP contribution is 2.14. The Morgan fingerprint density at radius 3 is 2.61 bits per heavy atom. The van der Waals surface area contributed by atoms with Gasteiger partial charge < -0.3 is 9.32 Å². The molecule has 0 aliphatic heterocycles. The zero-order chi connectivity index (χ0) is 13.7. The van der Waals surface area contributed by atoms with Crippen LogP contribution in [0.25, 0.3) is 0 Å². The van der Waals surface area contributed by atoms with Crippen molar-refractivity contribution < 1.29 is 9.21 Å². The molecule has 1 amide bonds. The number of nitriles is 1. The Hall–Kier alpha value is -1.83. The van der Waals surface area contributed by atoms with Gasteiger partial charge in [-0.1, -0.05) is 13.8 Å². The second kappa shape index (κ2) is 6.20. The van der Waals surface area contributed by atoms with E-state index in [-0.39, 0.29) is 11.7 Å². The minimum absolute atomic E-state index is 0.183. The van der Waals surface area contributed by atoms with Crippen molar-refractivity contribution in [3.63, 3.8) is 0 Å². The third-order valence-electron chi connectivity index (χ3n) is 2.46. The maximum absolute atomic E-state index is 12.3. The lowest BCUT2D eigenvalue weighted by atomic mass is 10.2. The molecule has 0 aliphatic carbocycles. The van der Waals surface area contributed by atoms with Crippen LogP contribution in [0.15, 0.2) is 4.42 Å². The Kier molecular flexibility index (Phi) is 4.90. The van der Waals surface area contributed by atoms with Crippen LogP contribution in [0.1, 0.15) is 42.4 Å². The van der Waals surface area contributed by atoms with E-state index in [1.165, 1.54) is 0 Å². The lowest BCUT2D eigenvalue weighted by Gasteiger charge is -2.22. The molecule has 0 saturated carbocycles. The van der Waals surface area contributed by atoms with Crippen molar-refractivity contribution in [1.29, 1.82) is 5.26 Å². The van der Waals surface area contributed by atoms with Crippen LogP contribution >= 0.6 is 0 Å². The van der Waals surface area contributed by atoms with Crippen LogP contribution in [0.3, 0.4) is 0 Å². The fourth-order valence-corrected chi connectivity index (χ4v) is 1.77. The molecular weight excluding hydrogens is 230 g/mol. The van der Waals surface area contributed by atoms with Gasteiger partial charge in [-0.05, 0) is 12.8 Å². The summed E-state index contributed by atoms with van der Waals surface area (Å²) in [4.78, 5) is 18.1. The highest BCUT2D eigenvalue weighted by molar-refractivity contribution is 5.92. The van der Waals surface area contributed by atoms with E-state index in [9.17, 15) is 4.79 Å². The maximum atomic E-state index is 12.3. The van der Waals surface area contributed by atoms with E-state index in [1.807, 2.05) is 13.8 Å². The second-order valence-electron chi connectivity index (χ2n) is 4.70. The minimum atomic E-state index is -0.183. The highest BCUT2D eigenvalue weighted by atomic mass is 16.4. The number of aromatic nitrogens is 1. The summed E-state index contributed by atoms with van der Waals surface area (Å²) in [6.45, 7) is 8.57. The van der Waals surface area contributed by atoms with Crippen molar-refractivity contribution in [3.8, 4) is 6.07 Å². The quantitative estimate of drug-likeness (QED) is 0.802. The van der Waals surface area contributed by atoms with Gasteiger partial charge in [0.1, 0.15) is 0 Å². The average Bonchev–Trinajstić information content (AvgIpc) is 2.62. The van der Waals surface area contributed by atoms with E-state index < -0.39 is 0 Å². The molecule has 18 heavy (non-hydrogen) atoms. The first-order valence-electron chi connectivity index (χ1n) is 6.06. The van der Waals surface area contributed by atoms with Crippen molar-refractivity contribution >= 4 is 5.91 Å². The normalized spacial score (nSPS) is 10.4. The number of carbonyl (C=O) groups excluding carboxylic acids is 1. The van der Waals surface area contributed by atoms with Gasteiger partial charge in [0.05, 0.1) is 18.2 Å². The predicted molar refractivity (Wildman–Crippen MR) is 66.9 cm³/mol. The Morgan fingerprint density at radius 1 is 1.50 bits per heavy atom. The fourth-order valence-electron chi connectivity index (χ4n) is 1.77. The molecule has 1 aromatic heterocycles. The van der Waals surface area contributed by atoms with Gasteiger partial charge in [-0.2, -0.15) is 5.26 Å². The predicted octanol–water partition coefficient (Wildman–Crippen LogP) is 2.30. The first-order valence-corrected chi connectivity index (χ1v) is 6.06. The average molecular weight is 249 g/mol. The van der Waals surface area contributed by atoms with E-state index in [1.54, 1.807) is 18.7 Å². The Bertz CT molecular complexity index is 457. The van der Waals surface area contributed by atoms with Crippen LogP contribution in [-0.2, 0) is 0 Å². The lowest BCUT2D eigenvalue weighted by molar-refractivity contribution is 0.0705. The van der Waals surface area contributed by atoms with Gasteiger partial charge in [0.25, 0.3) is 5.91 Å². The number of aryl methyl sites for hydroxylation is 2. The number of rotatable bonds is 5.